The van der Waals surface area contributed by atoms with Gasteiger partial charge in [-0.3, -0.25) is 10.8 Å². The molecule has 0 aliphatic rings. The smallest absolute Gasteiger partial charge is 0.0726 e. The molecule has 0 spiro atoms. The third-order valence-electron chi connectivity index (χ3n) is 2.84. The fourth-order valence-electron chi connectivity index (χ4n) is 2.21. The molecule has 1 aromatic heterocycles. The molecule has 84 valence electrons. The van der Waals surface area contributed by atoms with Crippen LogP contribution >= 0.6 is 0 Å². The summed E-state index contributed by atoms with van der Waals surface area (Å²) in [6.45, 7) is 6.34. The molecule has 0 fully saturated rings. The van der Waals surface area contributed by atoms with Crippen molar-refractivity contribution in [2.24, 2.45) is 5.84 Å². The summed E-state index contributed by atoms with van der Waals surface area (Å²) in [4.78, 5) is 4.61. The van der Waals surface area contributed by atoms with Crippen LogP contribution < -0.4 is 11.3 Å². The summed E-state index contributed by atoms with van der Waals surface area (Å²) in [5, 5.41) is 1.08. The number of hydrogen-bond donors (Lipinski definition) is 2. The van der Waals surface area contributed by atoms with Gasteiger partial charge in [0.2, 0.25) is 0 Å². The van der Waals surface area contributed by atoms with Crippen molar-refractivity contribution in [3.8, 4) is 0 Å². The highest BCUT2D eigenvalue weighted by molar-refractivity contribution is 5.93. The molecule has 0 amide bonds. The van der Waals surface area contributed by atoms with Crippen LogP contribution in [0, 0.1) is 6.92 Å². The maximum absolute atomic E-state index is 5.65. The zero-order valence-corrected chi connectivity index (χ0v) is 9.91. The van der Waals surface area contributed by atoms with Crippen LogP contribution in [0.2, 0.25) is 0 Å². The first-order chi connectivity index (χ1) is 7.65. The SMILES string of the molecule is Cc1nc2ccccc2c(NN)c1C(C)C. The molecule has 3 heteroatoms. The monoisotopic (exact) mass is 215 g/mol. The lowest BCUT2D eigenvalue weighted by Gasteiger charge is -2.17. The lowest BCUT2D eigenvalue weighted by Crippen LogP contribution is -2.12. The number of aromatic nitrogens is 1. The van der Waals surface area contributed by atoms with Crippen molar-refractivity contribution in [1.29, 1.82) is 0 Å². The van der Waals surface area contributed by atoms with E-state index in [1.807, 2.05) is 31.2 Å². The van der Waals surface area contributed by atoms with E-state index < -0.39 is 0 Å². The van der Waals surface area contributed by atoms with Crippen molar-refractivity contribution < 1.29 is 0 Å². The van der Waals surface area contributed by atoms with Gasteiger partial charge in [0.05, 0.1) is 11.2 Å². The van der Waals surface area contributed by atoms with Crippen LogP contribution in [0.1, 0.15) is 31.0 Å². The van der Waals surface area contributed by atoms with E-state index in [0.29, 0.717) is 5.92 Å². The van der Waals surface area contributed by atoms with Gasteiger partial charge in [-0.05, 0) is 18.9 Å². The number of nitrogens with zero attached hydrogens (tertiary/aromatic N) is 1. The average molecular weight is 215 g/mol. The quantitative estimate of drug-likeness (QED) is 0.598. The summed E-state index contributed by atoms with van der Waals surface area (Å²) < 4.78 is 0. The van der Waals surface area contributed by atoms with E-state index in [9.17, 15) is 0 Å². The first-order valence-electron chi connectivity index (χ1n) is 5.51. The number of nitrogen functional groups attached to an aromatic ring is 1. The Morgan fingerprint density at radius 1 is 1.25 bits per heavy atom. The van der Waals surface area contributed by atoms with Gasteiger partial charge in [-0.15, -0.1) is 0 Å². The molecule has 0 radical (unpaired) electrons. The van der Waals surface area contributed by atoms with E-state index in [4.69, 9.17) is 5.84 Å². The average Bonchev–Trinajstić information content (AvgIpc) is 2.26. The highest BCUT2D eigenvalue weighted by Gasteiger charge is 2.13. The lowest BCUT2D eigenvalue weighted by molar-refractivity contribution is 0.848. The number of rotatable bonds is 2. The molecule has 2 aromatic rings. The molecule has 16 heavy (non-hydrogen) atoms. The Kier molecular flexibility index (Phi) is 2.79. The largest absolute Gasteiger partial charge is 0.323 e. The van der Waals surface area contributed by atoms with Crippen molar-refractivity contribution in [3.05, 3.63) is 35.5 Å². The summed E-state index contributed by atoms with van der Waals surface area (Å²) >= 11 is 0. The molecule has 0 unspecified atom stereocenters. The zero-order valence-electron chi connectivity index (χ0n) is 9.91. The van der Waals surface area contributed by atoms with Gasteiger partial charge < -0.3 is 5.43 Å². The minimum atomic E-state index is 0.406. The zero-order chi connectivity index (χ0) is 11.7. The summed E-state index contributed by atoms with van der Waals surface area (Å²) in [6.07, 6.45) is 0. The van der Waals surface area contributed by atoms with Gasteiger partial charge in [0, 0.05) is 16.6 Å². The van der Waals surface area contributed by atoms with Gasteiger partial charge >= 0.3 is 0 Å². The topological polar surface area (TPSA) is 50.9 Å². The van der Waals surface area contributed by atoms with E-state index in [-0.39, 0.29) is 0 Å². The molecule has 0 saturated carbocycles. The Morgan fingerprint density at radius 2 is 1.94 bits per heavy atom. The van der Waals surface area contributed by atoms with Gasteiger partial charge in [0.1, 0.15) is 0 Å². The van der Waals surface area contributed by atoms with Crippen LogP contribution in [0.4, 0.5) is 5.69 Å². The van der Waals surface area contributed by atoms with Crippen LogP contribution in [-0.4, -0.2) is 4.98 Å². The van der Waals surface area contributed by atoms with Gasteiger partial charge in [-0.25, -0.2) is 0 Å². The summed E-state index contributed by atoms with van der Waals surface area (Å²) in [5.41, 5.74) is 7.04. The van der Waals surface area contributed by atoms with Gasteiger partial charge in [-0.1, -0.05) is 32.0 Å². The number of nitrogens with two attached hydrogens (primary N) is 1. The second kappa shape index (κ2) is 4.10. The highest BCUT2D eigenvalue weighted by atomic mass is 15.2. The molecule has 0 bridgehead atoms. The number of nitrogens with one attached hydrogen (secondary N) is 1. The Morgan fingerprint density at radius 3 is 2.56 bits per heavy atom. The van der Waals surface area contributed by atoms with Crippen LogP contribution in [0.15, 0.2) is 24.3 Å². The van der Waals surface area contributed by atoms with Gasteiger partial charge in [0.15, 0.2) is 0 Å². The van der Waals surface area contributed by atoms with Crippen LogP contribution in [0.5, 0.6) is 0 Å². The fourth-order valence-corrected chi connectivity index (χ4v) is 2.21. The van der Waals surface area contributed by atoms with Crippen molar-refractivity contribution in [2.75, 3.05) is 5.43 Å². The molecule has 1 aromatic carbocycles. The number of pyridine rings is 1. The molecule has 0 atom stereocenters. The Balaban J connectivity index is 2.85. The minimum absolute atomic E-state index is 0.406. The van der Waals surface area contributed by atoms with Gasteiger partial charge in [0.25, 0.3) is 0 Å². The molecule has 3 N–H and O–H groups in total. The first kappa shape index (κ1) is 10.9. The predicted molar refractivity (Wildman–Crippen MR) is 68.4 cm³/mol. The highest BCUT2D eigenvalue weighted by Crippen LogP contribution is 2.32. The summed E-state index contributed by atoms with van der Waals surface area (Å²) in [7, 11) is 0. The standard InChI is InChI=1S/C13H17N3/c1-8(2)12-9(3)15-11-7-5-4-6-10(11)13(12)16-14/h4-8H,14H2,1-3H3,(H,15,16). The summed E-state index contributed by atoms with van der Waals surface area (Å²) in [5.74, 6) is 6.05. The minimum Gasteiger partial charge on any atom is -0.323 e. The molecule has 3 nitrogen and oxygen atoms in total. The van der Waals surface area contributed by atoms with E-state index in [0.717, 1.165) is 22.3 Å². The first-order valence-corrected chi connectivity index (χ1v) is 5.51. The van der Waals surface area contributed by atoms with Crippen molar-refractivity contribution in [2.45, 2.75) is 26.7 Å². The molecule has 0 aliphatic heterocycles. The second-order valence-electron chi connectivity index (χ2n) is 4.30. The third kappa shape index (κ3) is 1.63. The van der Waals surface area contributed by atoms with Crippen molar-refractivity contribution >= 4 is 16.6 Å². The second-order valence-corrected chi connectivity index (χ2v) is 4.30. The van der Waals surface area contributed by atoms with E-state index in [1.54, 1.807) is 0 Å². The normalized spacial score (nSPS) is 11.1. The number of anilines is 1. The number of fused-ring (bicyclic) bond motifs is 1. The van der Waals surface area contributed by atoms with E-state index in [2.05, 4.69) is 24.3 Å². The third-order valence-corrected chi connectivity index (χ3v) is 2.84. The molecule has 0 saturated heterocycles. The molecule has 0 aliphatic carbocycles. The maximum atomic E-state index is 5.65. The number of benzene rings is 1. The number of hydrazine groups is 1. The van der Waals surface area contributed by atoms with E-state index >= 15 is 0 Å². The van der Waals surface area contributed by atoms with Crippen LogP contribution in [0.25, 0.3) is 10.9 Å². The maximum Gasteiger partial charge on any atom is 0.0726 e. The summed E-state index contributed by atoms with van der Waals surface area (Å²) in [6, 6.07) is 8.05. The fraction of sp³-hybridized carbons (Fsp3) is 0.308. The van der Waals surface area contributed by atoms with E-state index in [1.165, 1.54) is 5.56 Å². The van der Waals surface area contributed by atoms with Crippen LogP contribution in [0.3, 0.4) is 0 Å². The Labute approximate surface area is 95.7 Å². The Hall–Kier alpha value is -1.61. The predicted octanol–water partition coefficient (Wildman–Crippen LogP) is 2.95. The number of aryl methyl sites for hydroxylation is 1. The molecule has 1 heterocycles. The molecular weight excluding hydrogens is 198 g/mol. The van der Waals surface area contributed by atoms with Gasteiger partial charge in [-0.2, -0.15) is 0 Å². The molecule has 2 rings (SSSR count). The van der Waals surface area contributed by atoms with Crippen LogP contribution in [-0.2, 0) is 0 Å². The lowest BCUT2D eigenvalue weighted by atomic mass is 9.97. The Bertz CT molecular complexity index is 518. The van der Waals surface area contributed by atoms with Crippen molar-refractivity contribution in [3.63, 3.8) is 0 Å². The number of hydrogen-bond acceptors (Lipinski definition) is 3. The number of para-hydroxylation sites is 1. The van der Waals surface area contributed by atoms with Crippen molar-refractivity contribution in [1.82, 2.24) is 4.98 Å². The molecular formula is C13H17N3.